The van der Waals surface area contributed by atoms with E-state index in [9.17, 15) is 0 Å². The smallest absolute Gasteiger partial charge is 0.143 e. The van der Waals surface area contributed by atoms with Crippen molar-refractivity contribution in [2.45, 2.75) is 19.9 Å². The minimum Gasteiger partial charge on any atom is -0.398 e. The number of anilines is 1. The highest BCUT2D eigenvalue weighted by atomic mass is 127. The van der Waals surface area contributed by atoms with Crippen molar-refractivity contribution in [3.8, 4) is 11.4 Å². The molecule has 3 rings (SSSR count). The lowest BCUT2D eigenvalue weighted by atomic mass is 10.1. The predicted octanol–water partition coefficient (Wildman–Crippen LogP) is 4.95. The van der Waals surface area contributed by atoms with Crippen LogP contribution < -0.4 is 5.73 Å². The zero-order chi connectivity index (χ0) is 15.0. The number of imidazole rings is 1. The number of fused-ring (bicyclic) bond motifs is 1. The Hall–Kier alpha value is -1.27. The molecule has 0 saturated heterocycles. The van der Waals surface area contributed by atoms with Crippen LogP contribution in [0.25, 0.3) is 22.4 Å². The Balaban J connectivity index is 2.30. The van der Waals surface area contributed by atoms with E-state index in [0.717, 1.165) is 44.6 Å². The number of nitrogen functional groups attached to an aromatic ring is 1. The first-order chi connectivity index (χ1) is 10.1. The summed E-state index contributed by atoms with van der Waals surface area (Å²) < 4.78 is 3.36. The summed E-state index contributed by atoms with van der Waals surface area (Å²) in [4.78, 5) is 4.76. The first-order valence-electron chi connectivity index (χ1n) is 6.81. The molecule has 0 atom stereocenters. The lowest BCUT2D eigenvalue weighted by Gasteiger charge is -2.10. The van der Waals surface area contributed by atoms with E-state index in [4.69, 9.17) is 22.3 Å². The summed E-state index contributed by atoms with van der Waals surface area (Å²) >= 11 is 8.38. The highest BCUT2D eigenvalue weighted by Gasteiger charge is 2.15. The number of aryl methyl sites for hydroxylation is 1. The maximum absolute atomic E-state index is 6.16. The Bertz CT molecular complexity index is 811. The molecule has 0 aliphatic heterocycles. The number of rotatable bonds is 3. The number of aromatic nitrogens is 2. The van der Waals surface area contributed by atoms with E-state index < -0.39 is 0 Å². The van der Waals surface area contributed by atoms with Crippen molar-refractivity contribution >= 4 is 50.9 Å². The van der Waals surface area contributed by atoms with E-state index in [2.05, 4.69) is 40.1 Å². The van der Waals surface area contributed by atoms with Gasteiger partial charge in [-0.1, -0.05) is 18.5 Å². The number of nitrogens with two attached hydrogens (primary N) is 1. The molecule has 0 saturated carbocycles. The second-order valence-corrected chi connectivity index (χ2v) is 6.63. The van der Waals surface area contributed by atoms with Crippen molar-refractivity contribution in [1.82, 2.24) is 9.55 Å². The number of benzene rings is 2. The maximum Gasteiger partial charge on any atom is 0.143 e. The van der Waals surface area contributed by atoms with Crippen LogP contribution in [-0.4, -0.2) is 9.55 Å². The van der Waals surface area contributed by atoms with Crippen molar-refractivity contribution < 1.29 is 0 Å². The molecule has 0 radical (unpaired) electrons. The molecule has 0 amide bonds. The van der Waals surface area contributed by atoms with Crippen LogP contribution in [0.2, 0.25) is 5.02 Å². The van der Waals surface area contributed by atoms with E-state index in [1.165, 1.54) is 0 Å². The van der Waals surface area contributed by atoms with Gasteiger partial charge in [-0.25, -0.2) is 4.98 Å². The van der Waals surface area contributed by atoms with E-state index in [1.807, 2.05) is 30.3 Å². The molecule has 1 aromatic heterocycles. The summed E-state index contributed by atoms with van der Waals surface area (Å²) in [6.45, 7) is 3.06. The molecule has 0 fully saturated rings. The first kappa shape index (κ1) is 14.7. The molecule has 108 valence electrons. The van der Waals surface area contributed by atoms with Crippen LogP contribution in [0.5, 0.6) is 0 Å². The molecule has 3 nitrogen and oxygen atoms in total. The first-order valence-corrected chi connectivity index (χ1v) is 8.27. The molecular formula is C16H15ClIN3. The van der Waals surface area contributed by atoms with Gasteiger partial charge in [-0.2, -0.15) is 0 Å². The van der Waals surface area contributed by atoms with Gasteiger partial charge < -0.3 is 10.3 Å². The summed E-state index contributed by atoms with van der Waals surface area (Å²) in [6, 6.07) is 11.8. The van der Waals surface area contributed by atoms with Crippen molar-refractivity contribution in [2.75, 3.05) is 5.73 Å². The fourth-order valence-corrected chi connectivity index (χ4v) is 3.14. The Morgan fingerprint density at radius 2 is 2.05 bits per heavy atom. The molecule has 0 bridgehead atoms. The number of hydrogen-bond acceptors (Lipinski definition) is 2. The molecule has 2 N–H and O–H groups in total. The highest BCUT2D eigenvalue weighted by molar-refractivity contribution is 14.1. The molecular weight excluding hydrogens is 397 g/mol. The number of nitrogens with zero attached hydrogens (tertiary/aromatic N) is 2. The molecule has 0 aliphatic carbocycles. The Morgan fingerprint density at radius 3 is 2.81 bits per heavy atom. The number of halogens is 2. The molecule has 0 spiro atoms. The van der Waals surface area contributed by atoms with Crippen LogP contribution in [-0.2, 0) is 6.54 Å². The lowest BCUT2D eigenvalue weighted by molar-refractivity contribution is 0.704. The van der Waals surface area contributed by atoms with Gasteiger partial charge in [-0.05, 0) is 65.4 Å². The normalized spacial score (nSPS) is 11.2. The van der Waals surface area contributed by atoms with E-state index in [0.29, 0.717) is 5.02 Å². The van der Waals surface area contributed by atoms with E-state index >= 15 is 0 Å². The van der Waals surface area contributed by atoms with E-state index in [-0.39, 0.29) is 0 Å². The third kappa shape index (κ3) is 2.74. The number of hydrogen-bond donors (Lipinski definition) is 1. The van der Waals surface area contributed by atoms with Crippen molar-refractivity contribution in [2.24, 2.45) is 0 Å². The van der Waals surface area contributed by atoms with Gasteiger partial charge in [0, 0.05) is 26.4 Å². The fourth-order valence-electron chi connectivity index (χ4n) is 2.48. The van der Waals surface area contributed by atoms with Crippen LogP contribution in [0.4, 0.5) is 5.69 Å². The van der Waals surface area contributed by atoms with Gasteiger partial charge in [0.15, 0.2) is 0 Å². The molecule has 3 aromatic rings. The summed E-state index contributed by atoms with van der Waals surface area (Å²) in [5.74, 6) is 0.908. The van der Waals surface area contributed by atoms with Crippen LogP contribution in [0.1, 0.15) is 13.3 Å². The third-order valence-electron chi connectivity index (χ3n) is 3.41. The van der Waals surface area contributed by atoms with Crippen LogP contribution in [0.3, 0.4) is 0 Å². The molecule has 2 aromatic carbocycles. The molecule has 21 heavy (non-hydrogen) atoms. The standard InChI is InChI=1S/C16H15ClIN3/c1-2-7-21-15-6-3-10(17)8-14(15)20-16(21)12-9-11(18)4-5-13(12)19/h3-6,8-9H,2,7,19H2,1H3. The Morgan fingerprint density at radius 1 is 1.24 bits per heavy atom. The van der Waals surface area contributed by atoms with Crippen molar-refractivity contribution in [1.29, 1.82) is 0 Å². The highest BCUT2D eigenvalue weighted by Crippen LogP contribution is 2.31. The van der Waals surface area contributed by atoms with Gasteiger partial charge in [-0.3, -0.25) is 0 Å². The fraction of sp³-hybridized carbons (Fsp3) is 0.188. The van der Waals surface area contributed by atoms with E-state index in [1.54, 1.807) is 0 Å². The largest absolute Gasteiger partial charge is 0.398 e. The Kier molecular flexibility index (Phi) is 4.08. The quantitative estimate of drug-likeness (QED) is 0.489. The average Bonchev–Trinajstić information content (AvgIpc) is 2.80. The van der Waals surface area contributed by atoms with Gasteiger partial charge in [-0.15, -0.1) is 0 Å². The topological polar surface area (TPSA) is 43.8 Å². The minimum atomic E-state index is 0.700. The minimum absolute atomic E-state index is 0.700. The monoisotopic (exact) mass is 411 g/mol. The second-order valence-electron chi connectivity index (χ2n) is 4.95. The average molecular weight is 412 g/mol. The predicted molar refractivity (Wildman–Crippen MR) is 97.6 cm³/mol. The molecule has 0 aliphatic rings. The summed E-state index contributed by atoms with van der Waals surface area (Å²) in [6.07, 6.45) is 1.03. The summed E-state index contributed by atoms with van der Waals surface area (Å²) in [5, 5.41) is 0.700. The van der Waals surface area contributed by atoms with Gasteiger partial charge in [0.05, 0.1) is 11.0 Å². The molecule has 5 heteroatoms. The molecule has 1 heterocycles. The van der Waals surface area contributed by atoms with Crippen LogP contribution in [0.15, 0.2) is 36.4 Å². The zero-order valence-electron chi connectivity index (χ0n) is 11.6. The Labute approximate surface area is 142 Å². The van der Waals surface area contributed by atoms with Crippen LogP contribution >= 0.6 is 34.2 Å². The third-order valence-corrected chi connectivity index (χ3v) is 4.32. The van der Waals surface area contributed by atoms with Crippen molar-refractivity contribution in [3.05, 3.63) is 45.0 Å². The van der Waals surface area contributed by atoms with Crippen molar-refractivity contribution in [3.63, 3.8) is 0 Å². The van der Waals surface area contributed by atoms with Gasteiger partial charge in [0.1, 0.15) is 5.82 Å². The van der Waals surface area contributed by atoms with Gasteiger partial charge in [0.2, 0.25) is 0 Å². The van der Waals surface area contributed by atoms with Gasteiger partial charge in [0.25, 0.3) is 0 Å². The second kappa shape index (κ2) is 5.85. The lowest BCUT2D eigenvalue weighted by Crippen LogP contribution is -2.02. The SMILES string of the molecule is CCCn1c(-c2cc(I)ccc2N)nc2cc(Cl)ccc21. The van der Waals surface area contributed by atoms with Gasteiger partial charge >= 0.3 is 0 Å². The summed E-state index contributed by atoms with van der Waals surface area (Å²) in [7, 11) is 0. The molecule has 0 unspecified atom stereocenters. The zero-order valence-corrected chi connectivity index (χ0v) is 14.5. The maximum atomic E-state index is 6.16. The van der Waals surface area contributed by atoms with Crippen LogP contribution in [0, 0.1) is 3.57 Å². The summed E-state index contributed by atoms with van der Waals surface area (Å²) in [5.41, 5.74) is 9.87.